The van der Waals surface area contributed by atoms with Gasteiger partial charge in [0.05, 0.1) is 13.3 Å². The van der Waals surface area contributed by atoms with Crippen LogP contribution in [0.2, 0.25) is 0 Å². The molecule has 3 rings (SSSR count). The number of benzene rings is 1. The Labute approximate surface area is 156 Å². The van der Waals surface area contributed by atoms with Crippen LogP contribution in [0.15, 0.2) is 70.4 Å². The summed E-state index contributed by atoms with van der Waals surface area (Å²) in [5.41, 5.74) is 4.73. The third kappa shape index (κ3) is 4.90. The molecule has 0 aliphatic rings. The van der Waals surface area contributed by atoms with Gasteiger partial charge < -0.3 is 14.5 Å². The lowest BCUT2D eigenvalue weighted by Crippen LogP contribution is -2.31. The second-order valence-electron chi connectivity index (χ2n) is 5.35. The number of thiocarbonyl (C=S) groups is 1. The second kappa shape index (κ2) is 8.77. The van der Waals surface area contributed by atoms with E-state index in [1.165, 1.54) is 0 Å². The van der Waals surface area contributed by atoms with Gasteiger partial charge in [0.15, 0.2) is 5.11 Å². The number of aromatic nitrogens is 1. The Balaban J connectivity index is 1.52. The van der Waals surface area contributed by atoms with Crippen molar-refractivity contribution in [1.29, 1.82) is 0 Å². The molecule has 0 amide bonds. The third-order valence-corrected chi connectivity index (χ3v) is 3.75. The number of pyridine rings is 1. The van der Waals surface area contributed by atoms with E-state index in [0.717, 1.165) is 22.6 Å². The zero-order valence-corrected chi connectivity index (χ0v) is 15.0. The van der Waals surface area contributed by atoms with E-state index in [9.17, 15) is 0 Å². The summed E-state index contributed by atoms with van der Waals surface area (Å²) in [6.45, 7) is 0.579. The number of hydrazone groups is 1. The van der Waals surface area contributed by atoms with Crippen molar-refractivity contribution in [2.24, 2.45) is 5.10 Å². The van der Waals surface area contributed by atoms with Crippen LogP contribution in [0.25, 0.3) is 11.3 Å². The molecule has 1 aromatic carbocycles. The number of ether oxygens (including phenoxy) is 1. The molecule has 0 saturated heterocycles. The summed E-state index contributed by atoms with van der Waals surface area (Å²) in [7, 11) is 1.64. The summed E-state index contributed by atoms with van der Waals surface area (Å²) in [4.78, 5) is 4.05. The minimum atomic E-state index is 0.421. The Bertz CT molecular complexity index is 893. The van der Waals surface area contributed by atoms with Gasteiger partial charge in [-0.3, -0.25) is 10.4 Å². The highest BCUT2D eigenvalue weighted by atomic mass is 32.1. The van der Waals surface area contributed by atoms with Gasteiger partial charge in [0.2, 0.25) is 0 Å². The lowest BCUT2D eigenvalue weighted by molar-refractivity contribution is 0.415. The van der Waals surface area contributed by atoms with Gasteiger partial charge >= 0.3 is 0 Å². The van der Waals surface area contributed by atoms with E-state index in [1.807, 2.05) is 48.5 Å². The molecule has 7 heteroatoms. The van der Waals surface area contributed by atoms with Gasteiger partial charge in [-0.2, -0.15) is 5.10 Å². The molecule has 0 fully saturated rings. The molecule has 0 aliphatic carbocycles. The molecule has 2 N–H and O–H groups in total. The molecule has 6 nitrogen and oxygen atoms in total. The van der Waals surface area contributed by atoms with Crippen LogP contribution in [0.3, 0.4) is 0 Å². The van der Waals surface area contributed by atoms with E-state index < -0.39 is 0 Å². The lowest BCUT2D eigenvalue weighted by atomic mass is 10.2. The van der Waals surface area contributed by atoms with Crippen LogP contribution in [0, 0.1) is 0 Å². The van der Waals surface area contributed by atoms with Crippen molar-refractivity contribution in [3.8, 4) is 17.1 Å². The molecule has 0 atom stereocenters. The Morgan fingerprint density at radius 1 is 1.27 bits per heavy atom. The smallest absolute Gasteiger partial charge is 0.187 e. The Kier molecular flexibility index (Phi) is 5.95. The molecule has 0 aliphatic heterocycles. The molecule has 132 valence electrons. The molecular formula is C19H18N4O2S. The van der Waals surface area contributed by atoms with Crippen LogP contribution in [-0.4, -0.2) is 23.4 Å². The number of rotatable bonds is 6. The summed E-state index contributed by atoms with van der Waals surface area (Å²) in [5.74, 6) is 2.13. The van der Waals surface area contributed by atoms with Gasteiger partial charge in [0.25, 0.3) is 0 Å². The molecule has 0 radical (unpaired) electrons. The first-order valence-corrected chi connectivity index (χ1v) is 8.35. The number of nitrogens with one attached hydrogen (secondary N) is 2. The molecule has 2 aromatic heterocycles. The highest BCUT2D eigenvalue weighted by Gasteiger charge is 2.04. The molecule has 0 spiro atoms. The van der Waals surface area contributed by atoms with Crippen LogP contribution in [0.4, 0.5) is 0 Å². The Morgan fingerprint density at radius 2 is 2.19 bits per heavy atom. The normalized spacial score (nSPS) is 10.7. The maximum Gasteiger partial charge on any atom is 0.187 e. The third-order valence-electron chi connectivity index (χ3n) is 3.51. The van der Waals surface area contributed by atoms with Crippen molar-refractivity contribution in [2.45, 2.75) is 6.54 Å². The number of furan rings is 1. The fourth-order valence-electron chi connectivity index (χ4n) is 2.23. The first-order valence-electron chi connectivity index (χ1n) is 7.94. The number of hydrogen-bond acceptors (Lipinski definition) is 5. The molecule has 0 saturated carbocycles. The predicted molar refractivity (Wildman–Crippen MR) is 105 cm³/mol. The summed E-state index contributed by atoms with van der Waals surface area (Å²) in [6, 6.07) is 15.2. The maximum atomic E-state index is 5.76. The van der Waals surface area contributed by atoms with Crippen molar-refractivity contribution in [3.05, 3.63) is 72.2 Å². The van der Waals surface area contributed by atoms with Crippen LogP contribution in [0.5, 0.6) is 5.75 Å². The van der Waals surface area contributed by atoms with Gasteiger partial charge in [-0.25, -0.2) is 0 Å². The van der Waals surface area contributed by atoms with Gasteiger partial charge in [-0.05, 0) is 48.1 Å². The standard InChI is InChI=1S/C19H18N4O2S/c1-24-16-6-2-5-15(10-16)18-8-7-17(25-18)13-22-23-19(26)21-12-14-4-3-9-20-11-14/h2-11,13H,12H2,1H3,(H2,21,23,26)/b22-13+. The van der Waals surface area contributed by atoms with Crippen molar-refractivity contribution < 1.29 is 9.15 Å². The number of nitrogens with zero attached hydrogens (tertiary/aromatic N) is 2. The first-order chi connectivity index (χ1) is 12.7. The quantitative estimate of drug-likeness (QED) is 0.396. The van der Waals surface area contributed by atoms with Crippen LogP contribution >= 0.6 is 12.2 Å². The molecule has 0 unspecified atom stereocenters. The minimum Gasteiger partial charge on any atom is -0.497 e. The second-order valence-corrected chi connectivity index (χ2v) is 5.76. The predicted octanol–water partition coefficient (Wildman–Crippen LogP) is 3.35. The van der Waals surface area contributed by atoms with E-state index in [1.54, 1.807) is 25.7 Å². The fourth-order valence-corrected chi connectivity index (χ4v) is 2.36. The van der Waals surface area contributed by atoms with Crippen LogP contribution in [0.1, 0.15) is 11.3 Å². The monoisotopic (exact) mass is 366 g/mol. The minimum absolute atomic E-state index is 0.421. The first kappa shape index (κ1) is 17.6. The summed E-state index contributed by atoms with van der Waals surface area (Å²) >= 11 is 5.18. The van der Waals surface area contributed by atoms with Gasteiger partial charge in [0, 0.05) is 24.5 Å². The summed E-state index contributed by atoms with van der Waals surface area (Å²) in [6.07, 6.45) is 5.08. The van der Waals surface area contributed by atoms with Gasteiger partial charge in [-0.15, -0.1) is 0 Å². The Morgan fingerprint density at radius 3 is 3.00 bits per heavy atom. The average Bonchev–Trinajstić information content (AvgIpc) is 3.16. The fraction of sp³-hybridized carbons (Fsp3) is 0.105. The van der Waals surface area contributed by atoms with Gasteiger partial charge in [-0.1, -0.05) is 18.2 Å². The maximum absolute atomic E-state index is 5.76. The molecule has 0 bridgehead atoms. The van der Waals surface area contributed by atoms with Crippen molar-refractivity contribution in [1.82, 2.24) is 15.7 Å². The SMILES string of the molecule is COc1cccc(-c2ccc(/C=N/NC(=S)NCc3cccnc3)o2)c1. The van der Waals surface area contributed by atoms with Crippen molar-refractivity contribution in [2.75, 3.05) is 7.11 Å². The lowest BCUT2D eigenvalue weighted by Gasteiger charge is -2.06. The Hall–Kier alpha value is -3.19. The topological polar surface area (TPSA) is 71.7 Å². The van der Waals surface area contributed by atoms with E-state index in [0.29, 0.717) is 17.4 Å². The molecule has 26 heavy (non-hydrogen) atoms. The molecular weight excluding hydrogens is 348 g/mol. The van der Waals surface area contributed by atoms with E-state index in [2.05, 4.69) is 20.8 Å². The molecule has 3 aromatic rings. The van der Waals surface area contributed by atoms with Crippen molar-refractivity contribution in [3.63, 3.8) is 0 Å². The van der Waals surface area contributed by atoms with E-state index >= 15 is 0 Å². The van der Waals surface area contributed by atoms with Crippen molar-refractivity contribution >= 4 is 23.5 Å². The summed E-state index contributed by atoms with van der Waals surface area (Å²) < 4.78 is 11.0. The molecule has 2 heterocycles. The number of methoxy groups -OCH3 is 1. The van der Waals surface area contributed by atoms with E-state index in [4.69, 9.17) is 21.4 Å². The zero-order valence-electron chi connectivity index (χ0n) is 14.2. The van der Waals surface area contributed by atoms with Crippen LogP contribution < -0.4 is 15.5 Å². The highest BCUT2D eigenvalue weighted by Crippen LogP contribution is 2.25. The average molecular weight is 366 g/mol. The van der Waals surface area contributed by atoms with Crippen LogP contribution in [-0.2, 0) is 6.54 Å². The summed E-state index contributed by atoms with van der Waals surface area (Å²) in [5, 5.41) is 7.55. The number of hydrogen-bond donors (Lipinski definition) is 2. The largest absolute Gasteiger partial charge is 0.497 e. The zero-order chi connectivity index (χ0) is 18.2. The van der Waals surface area contributed by atoms with Gasteiger partial charge in [0.1, 0.15) is 17.3 Å². The highest BCUT2D eigenvalue weighted by molar-refractivity contribution is 7.80. The van der Waals surface area contributed by atoms with E-state index in [-0.39, 0.29) is 0 Å².